The van der Waals surface area contributed by atoms with Crippen molar-refractivity contribution in [3.8, 4) is 11.1 Å². The molecule has 0 aliphatic rings. The standard InChI is InChI=1S/C13H14N4O2/c1-14-7-11-9(6-15-17(11)2)8-3-4-10-12(5-8)19-13(18)16-10/h3-6,14H,7H2,1-2H3,(H,16,18). The number of oxazole rings is 1. The van der Waals surface area contributed by atoms with Gasteiger partial charge in [0.25, 0.3) is 0 Å². The Morgan fingerprint density at radius 3 is 3.11 bits per heavy atom. The second-order valence-corrected chi connectivity index (χ2v) is 4.38. The van der Waals surface area contributed by atoms with Crippen molar-refractivity contribution in [3.63, 3.8) is 0 Å². The van der Waals surface area contributed by atoms with Crippen molar-refractivity contribution in [2.45, 2.75) is 6.54 Å². The van der Waals surface area contributed by atoms with Gasteiger partial charge in [0.15, 0.2) is 5.58 Å². The number of H-pyrrole nitrogens is 1. The van der Waals surface area contributed by atoms with Crippen LogP contribution < -0.4 is 11.1 Å². The Balaban J connectivity index is 2.15. The topological polar surface area (TPSA) is 75.8 Å². The Morgan fingerprint density at radius 2 is 2.32 bits per heavy atom. The molecule has 19 heavy (non-hydrogen) atoms. The SMILES string of the molecule is CNCc1c(-c2ccc3[nH]c(=O)oc3c2)cnn1C. The third kappa shape index (κ3) is 1.96. The summed E-state index contributed by atoms with van der Waals surface area (Å²) in [5.74, 6) is -0.436. The van der Waals surface area contributed by atoms with Gasteiger partial charge in [-0.2, -0.15) is 5.10 Å². The van der Waals surface area contributed by atoms with E-state index in [9.17, 15) is 4.79 Å². The molecule has 0 aliphatic carbocycles. The lowest BCUT2D eigenvalue weighted by Crippen LogP contribution is -2.10. The molecule has 2 N–H and O–H groups in total. The molecule has 0 aliphatic heterocycles. The smallest absolute Gasteiger partial charge is 0.408 e. The van der Waals surface area contributed by atoms with Crippen LogP contribution in [0.15, 0.2) is 33.6 Å². The normalized spacial score (nSPS) is 11.3. The number of nitrogens with one attached hydrogen (secondary N) is 2. The fourth-order valence-electron chi connectivity index (χ4n) is 2.19. The number of aromatic nitrogens is 3. The van der Waals surface area contributed by atoms with Crippen LogP contribution in [0.2, 0.25) is 0 Å². The van der Waals surface area contributed by atoms with Gasteiger partial charge in [0, 0.05) is 19.2 Å². The average Bonchev–Trinajstić information content (AvgIpc) is 2.92. The van der Waals surface area contributed by atoms with Crippen LogP contribution in [0.5, 0.6) is 0 Å². The van der Waals surface area contributed by atoms with Gasteiger partial charge in [-0.1, -0.05) is 6.07 Å². The Morgan fingerprint density at radius 1 is 1.47 bits per heavy atom. The predicted octanol–water partition coefficient (Wildman–Crippen LogP) is 1.24. The van der Waals surface area contributed by atoms with Crippen LogP contribution in [0.3, 0.4) is 0 Å². The van der Waals surface area contributed by atoms with Crippen LogP contribution in [0.4, 0.5) is 0 Å². The minimum Gasteiger partial charge on any atom is -0.408 e. The zero-order valence-electron chi connectivity index (χ0n) is 10.7. The van der Waals surface area contributed by atoms with Crippen molar-refractivity contribution in [2.75, 3.05) is 7.05 Å². The van der Waals surface area contributed by atoms with Crippen molar-refractivity contribution in [2.24, 2.45) is 7.05 Å². The maximum Gasteiger partial charge on any atom is 0.417 e. The molecule has 1 aromatic carbocycles. The summed E-state index contributed by atoms with van der Waals surface area (Å²) in [7, 11) is 3.80. The van der Waals surface area contributed by atoms with Crippen molar-refractivity contribution < 1.29 is 4.42 Å². The average molecular weight is 258 g/mol. The van der Waals surface area contributed by atoms with E-state index in [1.165, 1.54) is 0 Å². The van der Waals surface area contributed by atoms with Crippen molar-refractivity contribution in [1.29, 1.82) is 0 Å². The lowest BCUT2D eigenvalue weighted by Gasteiger charge is -2.05. The van der Waals surface area contributed by atoms with E-state index in [4.69, 9.17) is 4.42 Å². The highest BCUT2D eigenvalue weighted by Crippen LogP contribution is 2.26. The zero-order valence-corrected chi connectivity index (χ0v) is 10.7. The molecule has 0 unspecified atom stereocenters. The van der Waals surface area contributed by atoms with Gasteiger partial charge in [-0.05, 0) is 24.7 Å². The predicted molar refractivity (Wildman–Crippen MR) is 71.8 cm³/mol. The summed E-state index contributed by atoms with van der Waals surface area (Å²) in [6.07, 6.45) is 1.82. The van der Waals surface area contributed by atoms with E-state index < -0.39 is 5.76 Å². The highest BCUT2D eigenvalue weighted by Gasteiger charge is 2.11. The summed E-state index contributed by atoms with van der Waals surface area (Å²) in [4.78, 5) is 13.8. The molecule has 0 bridgehead atoms. The molecular weight excluding hydrogens is 244 g/mol. The number of aromatic amines is 1. The van der Waals surface area contributed by atoms with Gasteiger partial charge in [0.05, 0.1) is 17.4 Å². The van der Waals surface area contributed by atoms with E-state index in [1.807, 2.05) is 43.2 Å². The molecule has 0 amide bonds. The van der Waals surface area contributed by atoms with Crippen LogP contribution in [0, 0.1) is 0 Å². The van der Waals surface area contributed by atoms with Crippen LogP contribution >= 0.6 is 0 Å². The fourth-order valence-corrected chi connectivity index (χ4v) is 2.19. The molecule has 6 heteroatoms. The number of benzene rings is 1. The number of hydrogen-bond acceptors (Lipinski definition) is 4. The molecule has 2 aromatic heterocycles. The summed E-state index contributed by atoms with van der Waals surface area (Å²) in [6, 6.07) is 5.64. The lowest BCUT2D eigenvalue weighted by atomic mass is 10.1. The third-order valence-electron chi connectivity index (χ3n) is 3.14. The van der Waals surface area contributed by atoms with Crippen LogP contribution in [0.25, 0.3) is 22.2 Å². The summed E-state index contributed by atoms with van der Waals surface area (Å²) in [5, 5.41) is 7.40. The molecule has 6 nitrogen and oxygen atoms in total. The van der Waals surface area contributed by atoms with E-state index in [-0.39, 0.29) is 0 Å². The molecule has 3 aromatic rings. The first-order chi connectivity index (χ1) is 9.19. The van der Waals surface area contributed by atoms with Gasteiger partial charge >= 0.3 is 5.76 Å². The molecule has 3 rings (SSSR count). The number of nitrogens with zero attached hydrogens (tertiary/aromatic N) is 2. The van der Waals surface area contributed by atoms with E-state index in [0.717, 1.165) is 23.4 Å². The quantitative estimate of drug-likeness (QED) is 0.741. The molecule has 0 fully saturated rings. The van der Waals surface area contributed by atoms with E-state index in [1.54, 1.807) is 0 Å². The van der Waals surface area contributed by atoms with Gasteiger partial charge in [0.2, 0.25) is 0 Å². The number of aryl methyl sites for hydroxylation is 1. The second kappa shape index (κ2) is 4.40. The molecule has 0 saturated heterocycles. The lowest BCUT2D eigenvalue weighted by molar-refractivity contribution is 0.555. The largest absolute Gasteiger partial charge is 0.417 e. The summed E-state index contributed by atoms with van der Waals surface area (Å²) < 4.78 is 6.92. The number of fused-ring (bicyclic) bond motifs is 1. The molecule has 0 radical (unpaired) electrons. The number of rotatable bonds is 3. The summed E-state index contributed by atoms with van der Waals surface area (Å²) in [5.41, 5.74) is 4.35. The first kappa shape index (κ1) is 11.7. The van der Waals surface area contributed by atoms with Crippen LogP contribution in [0.1, 0.15) is 5.69 Å². The van der Waals surface area contributed by atoms with Crippen molar-refractivity contribution >= 4 is 11.1 Å². The second-order valence-electron chi connectivity index (χ2n) is 4.38. The highest BCUT2D eigenvalue weighted by molar-refractivity contribution is 5.80. The van der Waals surface area contributed by atoms with E-state index in [2.05, 4.69) is 15.4 Å². The zero-order chi connectivity index (χ0) is 13.4. The summed E-state index contributed by atoms with van der Waals surface area (Å²) in [6.45, 7) is 0.723. The maximum absolute atomic E-state index is 11.2. The monoisotopic (exact) mass is 258 g/mol. The minimum absolute atomic E-state index is 0.436. The molecular formula is C13H14N4O2. The molecule has 2 heterocycles. The first-order valence-corrected chi connectivity index (χ1v) is 5.98. The van der Waals surface area contributed by atoms with Crippen molar-refractivity contribution in [1.82, 2.24) is 20.1 Å². The summed E-state index contributed by atoms with van der Waals surface area (Å²) >= 11 is 0. The highest BCUT2D eigenvalue weighted by atomic mass is 16.4. The molecule has 0 saturated carbocycles. The van der Waals surface area contributed by atoms with Gasteiger partial charge in [-0.25, -0.2) is 4.79 Å². The number of hydrogen-bond donors (Lipinski definition) is 2. The fraction of sp³-hybridized carbons (Fsp3) is 0.231. The van der Waals surface area contributed by atoms with E-state index >= 15 is 0 Å². The maximum atomic E-state index is 11.2. The molecule has 0 spiro atoms. The van der Waals surface area contributed by atoms with Gasteiger partial charge in [-0.3, -0.25) is 9.67 Å². The van der Waals surface area contributed by atoms with Crippen LogP contribution in [-0.2, 0) is 13.6 Å². The van der Waals surface area contributed by atoms with Gasteiger partial charge < -0.3 is 9.73 Å². The Bertz CT molecular complexity index is 781. The molecule has 98 valence electrons. The van der Waals surface area contributed by atoms with Gasteiger partial charge in [-0.15, -0.1) is 0 Å². The van der Waals surface area contributed by atoms with Crippen molar-refractivity contribution in [3.05, 3.63) is 40.6 Å². The minimum atomic E-state index is -0.436. The molecule has 0 atom stereocenters. The Kier molecular flexibility index (Phi) is 2.72. The first-order valence-electron chi connectivity index (χ1n) is 5.98. The van der Waals surface area contributed by atoms with Crippen LogP contribution in [-0.4, -0.2) is 21.8 Å². The Labute approximate surface area is 109 Å². The van der Waals surface area contributed by atoms with Gasteiger partial charge in [0.1, 0.15) is 0 Å². The van der Waals surface area contributed by atoms with E-state index in [0.29, 0.717) is 11.1 Å². The Hall–Kier alpha value is -2.34. The third-order valence-corrected chi connectivity index (χ3v) is 3.14.